The molecule has 1 aliphatic heterocycles. The first-order valence-corrected chi connectivity index (χ1v) is 9.20. The van der Waals surface area contributed by atoms with Crippen LogP contribution in [0.2, 0.25) is 0 Å². The molecule has 9 heteroatoms. The van der Waals surface area contributed by atoms with Crippen LogP contribution in [0.4, 0.5) is 16.2 Å². The highest BCUT2D eigenvalue weighted by molar-refractivity contribution is 5.94. The van der Waals surface area contributed by atoms with Gasteiger partial charge in [0.2, 0.25) is 5.91 Å². The molecule has 9 nitrogen and oxygen atoms in total. The van der Waals surface area contributed by atoms with E-state index in [0.717, 1.165) is 0 Å². The first-order chi connectivity index (χ1) is 12.9. The monoisotopic (exact) mass is 377 g/mol. The summed E-state index contributed by atoms with van der Waals surface area (Å²) in [6.07, 6.45) is 0. The van der Waals surface area contributed by atoms with Crippen molar-refractivity contribution in [2.45, 2.75) is 26.8 Å². The Morgan fingerprint density at radius 3 is 2.19 bits per heavy atom. The molecule has 1 N–H and O–H groups in total. The average Bonchev–Trinajstić information content (AvgIpc) is 2.68. The molecule has 1 fully saturated rings. The van der Waals surface area contributed by atoms with Crippen LogP contribution in [0.5, 0.6) is 0 Å². The third kappa shape index (κ3) is 5.16. The second-order valence-corrected chi connectivity index (χ2v) is 6.45. The highest BCUT2D eigenvalue weighted by Gasteiger charge is 2.28. The maximum Gasteiger partial charge on any atom is 0.320 e. The second kappa shape index (κ2) is 9.31. The molecule has 0 spiro atoms. The second-order valence-electron chi connectivity index (χ2n) is 6.45. The fraction of sp³-hybridized carbons (Fsp3) is 0.556. The molecule has 148 valence electrons. The van der Waals surface area contributed by atoms with E-state index in [1.165, 1.54) is 24.3 Å². The Bertz CT molecular complexity index is 667. The molecule has 0 saturated carbocycles. The molecule has 1 aliphatic rings. The minimum absolute atomic E-state index is 0.0185. The number of urea groups is 1. The average molecular weight is 377 g/mol. The Balaban J connectivity index is 1.87. The normalized spacial score (nSPS) is 15.9. The van der Waals surface area contributed by atoms with Crippen LogP contribution in [-0.2, 0) is 4.79 Å². The van der Waals surface area contributed by atoms with Gasteiger partial charge in [0.1, 0.15) is 0 Å². The fourth-order valence-corrected chi connectivity index (χ4v) is 3.07. The lowest BCUT2D eigenvalue weighted by Crippen LogP contribution is -2.56. The highest BCUT2D eigenvalue weighted by atomic mass is 16.6. The van der Waals surface area contributed by atoms with Crippen LogP contribution in [0.15, 0.2) is 24.3 Å². The summed E-state index contributed by atoms with van der Waals surface area (Å²) in [5, 5.41) is 13.5. The third-order valence-electron chi connectivity index (χ3n) is 4.89. The molecule has 0 bridgehead atoms. The van der Waals surface area contributed by atoms with Gasteiger partial charge in [-0.15, -0.1) is 0 Å². The van der Waals surface area contributed by atoms with Gasteiger partial charge in [-0.2, -0.15) is 0 Å². The lowest BCUT2D eigenvalue weighted by atomic mass is 10.2. The van der Waals surface area contributed by atoms with E-state index in [4.69, 9.17) is 0 Å². The van der Waals surface area contributed by atoms with E-state index in [1.54, 1.807) is 4.90 Å². The van der Waals surface area contributed by atoms with Crippen molar-refractivity contribution >= 4 is 23.3 Å². The van der Waals surface area contributed by atoms with Gasteiger partial charge in [0.05, 0.1) is 11.0 Å². The summed E-state index contributed by atoms with van der Waals surface area (Å²) in [6, 6.07) is 5.44. The number of nitro groups is 1. The van der Waals surface area contributed by atoms with E-state index in [-0.39, 0.29) is 23.7 Å². The van der Waals surface area contributed by atoms with Crippen molar-refractivity contribution in [2.24, 2.45) is 0 Å². The van der Waals surface area contributed by atoms with E-state index in [9.17, 15) is 19.7 Å². The van der Waals surface area contributed by atoms with Crippen LogP contribution < -0.4 is 5.32 Å². The lowest BCUT2D eigenvalue weighted by Gasteiger charge is -2.39. The summed E-state index contributed by atoms with van der Waals surface area (Å²) in [4.78, 5) is 40.7. The predicted octanol–water partition coefficient (Wildman–Crippen LogP) is 2.00. The number of benzene rings is 1. The molecule has 0 aromatic heterocycles. The third-order valence-corrected chi connectivity index (χ3v) is 4.89. The molecule has 0 radical (unpaired) electrons. The number of non-ortho nitro benzene ring substituents is 1. The van der Waals surface area contributed by atoms with Gasteiger partial charge in [-0.1, -0.05) is 0 Å². The number of nitrogens with zero attached hydrogens (tertiary/aromatic N) is 4. The molecule has 1 atom stereocenters. The van der Waals surface area contributed by atoms with Gasteiger partial charge in [0.15, 0.2) is 0 Å². The van der Waals surface area contributed by atoms with E-state index in [0.29, 0.717) is 45.0 Å². The molecule has 1 aromatic rings. The van der Waals surface area contributed by atoms with Gasteiger partial charge in [-0.05, 0) is 32.9 Å². The van der Waals surface area contributed by atoms with Crippen molar-refractivity contribution in [3.8, 4) is 0 Å². The first-order valence-electron chi connectivity index (χ1n) is 9.20. The number of anilines is 1. The number of nitro benzene ring substituents is 1. The van der Waals surface area contributed by atoms with Gasteiger partial charge in [-0.3, -0.25) is 19.8 Å². The summed E-state index contributed by atoms with van der Waals surface area (Å²) in [5.41, 5.74) is 0.503. The van der Waals surface area contributed by atoms with Crippen molar-refractivity contribution in [1.82, 2.24) is 14.7 Å². The quantitative estimate of drug-likeness (QED) is 0.604. The van der Waals surface area contributed by atoms with Crippen molar-refractivity contribution in [3.63, 3.8) is 0 Å². The van der Waals surface area contributed by atoms with E-state index in [2.05, 4.69) is 5.32 Å². The molecule has 1 aromatic carbocycles. The van der Waals surface area contributed by atoms with Gasteiger partial charge >= 0.3 is 6.03 Å². The topological polar surface area (TPSA) is 99.0 Å². The van der Waals surface area contributed by atoms with Crippen LogP contribution in [0.1, 0.15) is 20.8 Å². The summed E-state index contributed by atoms with van der Waals surface area (Å²) < 4.78 is 0. The Morgan fingerprint density at radius 1 is 1.15 bits per heavy atom. The Hall–Kier alpha value is -2.68. The van der Waals surface area contributed by atoms with Crippen LogP contribution in [-0.4, -0.2) is 76.9 Å². The number of nitrogens with one attached hydrogen (secondary N) is 1. The van der Waals surface area contributed by atoms with Crippen LogP contribution in [0.3, 0.4) is 0 Å². The zero-order valence-corrected chi connectivity index (χ0v) is 16.1. The predicted molar refractivity (Wildman–Crippen MR) is 103 cm³/mol. The molecule has 27 heavy (non-hydrogen) atoms. The smallest absolute Gasteiger partial charge is 0.320 e. The lowest BCUT2D eigenvalue weighted by molar-refractivity contribution is -0.384. The van der Waals surface area contributed by atoms with Gasteiger partial charge in [0, 0.05) is 57.1 Å². The molecule has 0 aliphatic carbocycles. The molecule has 1 unspecified atom stereocenters. The largest absolute Gasteiger partial charge is 0.325 e. The molecule has 1 heterocycles. The summed E-state index contributed by atoms with van der Waals surface area (Å²) in [6.45, 7) is 9.54. The van der Waals surface area contributed by atoms with E-state index < -0.39 is 4.92 Å². The zero-order valence-electron chi connectivity index (χ0n) is 16.1. The Kier molecular flexibility index (Phi) is 7.12. The molecule has 1 saturated heterocycles. The summed E-state index contributed by atoms with van der Waals surface area (Å²) in [7, 11) is 0. The Morgan fingerprint density at radius 2 is 1.70 bits per heavy atom. The Labute approximate surface area is 159 Å². The fourth-order valence-electron chi connectivity index (χ4n) is 3.07. The first kappa shape index (κ1) is 20.6. The minimum Gasteiger partial charge on any atom is -0.325 e. The summed E-state index contributed by atoms with van der Waals surface area (Å²) in [5.74, 6) is -0.174. The number of rotatable bonds is 6. The van der Waals surface area contributed by atoms with Gasteiger partial charge in [0.25, 0.3) is 5.69 Å². The number of carbonyl (C=O) groups excluding carboxylic acids is 2. The SMILES string of the molecule is CCN(CC)C(=O)N1CCN(C(C)C(=O)Nc2ccc([N+](=O)[O-])cc2)CC1. The van der Waals surface area contributed by atoms with E-state index >= 15 is 0 Å². The van der Waals surface area contributed by atoms with Crippen molar-refractivity contribution in [2.75, 3.05) is 44.6 Å². The molecular formula is C18H27N5O4. The molecular weight excluding hydrogens is 350 g/mol. The minimum atomic E-state index is -0.479. The van der Waals surface area contributed by atoms with Crippen molar-refractivity contribution in [1.29, 1.82) is 0 Å². The van der Waals surface area contributed by atoms with Gasteiger partial charge < -0.3 is 15.1 Å². The molecule has 3 amide bonds. The van der Waals surface area contributed by atoms with Crippen molar-refractivity contribution < 1.29 is 14.5 Å². The van der Waals surface area contributed by atoms with E-state index in [1.807, 2.05) is 30.6 Å². The number of hydrogen-bond donors (Lipinski definition) is 1. The summed E-state index contributed by atoms with van der Waals surface area (Å²) >= 11 is 0. The molecule has 2 rings (SSSR count). The standard InChI is InChI=1S/C18H27N5O4/c1-4-20(5-2)18(25)22-12-10-21(11-13-22)14(3)17(24)19-15-6-8-16(9-7-15)23(26)27/h6-9,14H,4-5,10-13H2,1-3H3,(H,19,24). The van der Waals surface area contributed by atoms with Gasteiger partial charge in [-0.25, -0.2) is 4.79 Å². The van der Waals surface area contributed by atoms with Crippen LogP contribution in [0.25, 0.3) is 0 Å². The number of amides is 3. The number of hydrogen-bond acceptors (Lipinski definition) is 5. The zero-order chi connectivity index (χ0) is 20.0. The highest BCUT2D eigenvalue weighted by Crippen LogP contribution is 2.16. The maximum atomic E-state index is 12.5. The van der Waals surface area contributed by atoms with Crippen molar-refractivity contribution in [3.05, 3.63) is 34.4 Å². The number of carbonyl (C=O) groups is 2. The van der Waals surface area contributed by atoms with Crippen LogP contribution >= 0.6 is 0 Å². The van der Waals surface area contributed by atoms with Crippen LogP contribution in [0, 0.1) is 10.1 Å². The number of piperazine rings is 1. The maximum absolute atomic E-state index is 12.5.